The highest BCUT2D eigenvalue weighted by Crippen LogP contribution is 2.51. The highest BCUT2D eigenvalue weighted by Gasteiger charge is 2.43. The molecule has 0 aliphatic carbocycles. The van der Waals surface area contributed by atoms with Crippen molar-refractivity contribution in [3.8, 4) is 11.4 Å². The molecular formula is C18H16N6. The van der Waals surface area contributed by atoms with Gasteiger partial charge in [0.25, 0.3) is 0 Å². The fourth-order valence-electron chi connectivity index (χ4n) is 4.53. The van der Waals surface area contributed by atoms with Crippen LogP contribution in [0, 0.1) is 0 Å². The van der Waals surface area contributed by atoms with Gasteiger partial charge in [0.05, 0.1) is 0 Å². The van der Waals surface area contributed by atoms with Crippen molar-refractivity contribution in [3.05, 3.63) is 46.8 Å². The van der Waals surface area contributed by atoms with Crippen molar-refractivity contribution < 1.29 is 0 Å². The largest absolute Gasteiger partial charge is 0.285 e. The van der Waals surface area contributed by atoms with E-state index in [1.54, 1.807) is 12.4 Å². The number of nitrogens with zero attached hydrogens (tertiary/aromatic N) is 4. The van der Waals surface area contributed by atoms with E-state index >= 15 is 0 Å². The number of benzene rings is 1. The SMILES string of the molecule is C1=NC2NC(C1)c1c3cc(-c4ncccn4)c2c1C1N=CCC3N1. The van der Waals surface area contributed by atoms with Gasteiger partial charge in [0, 0.05) is 66.4 Å². The summed E-state index contributed by atoms with van der Waals surface area (Å²) in [6.07, 6.45) is 9.60. The van der Waals surface area contributed by atoms with Gasteiger partial charge in [0.2, 0.25) is 0 Å². The summed E-state index contributed by atoms with van der Waals surface area (Å²) >= 11 is 0. The van der Waals surface area contributed by atoms with Crippen LogP contribution in [0.5, 0.6) is 0 Å². The summed E-state index contributed by atoms with van der Waals surface area (Å²) in [6.45, 7) is 0. The van der Waals surface area contributed by atoms with Crippen LogP contribution in [0.1, 0.15) is 59.5 Å². The fraction of sp³-hybridized carbons (Fsp3) is 0.333. The Morgan fingerprint density at radius 2 is 1.54 bits per heavy atom. The molecule has 6 nitrogen and oxygen atoms in total. The minimum Gasteiger partial charge on any atom is -0.285 e. The van der Waals surface area contributed by atoms with E-state index in [0.717, 1.165) is 24.2 Å². The van der Waals surface area contributed by atoms with Gasteiger partial charge in [-0.3, -0.25) is 20.6 Å². The molecule has 4 unspecified atom stereocenters. The molecule has 6 heteroatoms. The van der Waals surface area contributed by atoms with Crippen molar-refractivity contribution in [2.45, 2.75) is 37.3 Å². The van der Waals surface area contributed by atoms with E-state index in [4.69, 9.17) is 9.98 Å². The Morgan fingerprint density at radius 3 is 2.38 bits per heavy atom. The molecule has 0 amide bonds. The predicted octanol–water partition coefficient (Wildman–Crippen LogP) is 2.38. The molecule has 4 aliphatic heterocycles. The summed E-state index contributed by atoms with van der Waals surface area (Å²) in [5.74, 6) is 0.770. The average molecular weight is 316 g/mol. The first-order chi connectivity index (χ1) is 11.9. The van der Waals surface area contributed by atoms with Crippen molar-refractivity contribution in [1.29, 1.82) is 0 Å². The number of rotatable bonds is 1. The molecule has 0 saturated heterocycles. The summed E-state index contributed by atoms with van der Waals surface area (Å²) in [5, 5.41) is 7.35. The van der Waals surface area contributed by atoms with E-state index in [1.807, 2.05) is 6.07 Å². The van der Waals surface area contributed by atoms with Crippen LogP contribution >= 0.6 is 0 Å². The predicted molar refractivity (Wildman–Crippen MR) is 90.9 cm³/mol. The van der Waals surface area contributed by atoms with Gasteiger partial charge in [0.15, 0.2) is 5.82 Å². The molecule has 4 atom stereocenters. The first-order valence-corrected chi connectivity index (χ1v) is 8.43. The lowest BCUT2D eigenvalue weighted by atomic mass is 9.75. The van der Waals surface area contributed by atoms with Gasteiger partial charge in [0.1, 0.15) is 12.3 Å². The molecule has 1 aromatic heterocycles. The third kappa shape index (κ3) is 1.57. The summed E-state index contributed by atoms with van der Waals surface area (Å²) in [4.78, 5) is 18.4. The van der Waals surface area contributed by atoms with Gasteiger partial charge in [-0.1, -0.05) is 0 Å². The molecule has 6 rings (SSSR count). The molecule has 0 spiro atoms. The van der Waals surface area contributed by atoms with Gasteiger partial charge in [-0.15, -0.1) is 0 Å². The molecule has 1 aromatic carbocycles. The van der Waals surface area contributed by atoms with Crippen LogP contribution in [-0.4, -0.2) is 22.4 Å². The summed E-state index contributed by atoms with van der Waals surface area (Å²) < 4.78 is 0. The number of fused-ring (bicyclic) bond motifs is 6. The van der Waals surface area contributed by atoms with E-state index in [-0.39, 0.29) is 12.3 Å². The average Bonchev–Trinajstić information content (AvgIpc) is 2.65. The summed E-state index contributed by atoms with van der Waals surface area (Å²) in [5.41, 5.74) is 6.37. The summed E-state index contributed by atoms with van der Waals surface area (Å²) in [6, 6.07) is 4.81. The van der Waals surface area contributed by atoms with Crippen LogP contribution < -0.4 is 10.6 Å². The van der Waals surface area contributed by atoms with Gasteiger partial charge in [-0.05, 0) is 23.3 Å². The Balaban J connectivity index is 1.72. The zero-order chi connectivity index (χ0) is 15.7. The van der Waals surface area contributed by atoms with Crippen molar-refractivity contribution in [1.82, 2.24) is 20.6 Å². The van der Waals surface area contributed by atoms with Crippen LogP contribution in [0.4, 0.5) is 0 Å². The van der Waals surface area contributed by atoms with E-state index in [1.165, 1.54) is 22.3 Å². The quantitative estimate of drug-likeness (QED) is 0.847. The molecule has 4 aliphatic rings. The van der Waals surface area contributed by atoms with Crippen LogP contribution in [0.2, 0.25) is 0 Å². The first kappa shape index (κ1) is 12.9. The number of aromatic nitrogens is 2. The highest BCUT2D eigenvalue weighted by molar-refractivity contribution is 5.75. The minimum atomic E-state index is -0.0328. The lowest BCUT2D eigenvalue weighted by molar-refractivity contribution is 0.357. The van der Waals surface area contributed by atoms with Crippen molar-refractivity contribution in [3.63, 3.8) is 0 Å². The molecule has 0 radical (unpaired) electrons. The lowest BCUT2D eigenvalue weighted by Crippen LogP contribution is -2.44. The number of aliphatic imine (C=N–C) groups is 2. The minimum absolute atomic E-state index is 0.0327. The second kappa shape index (κ2) is 4.55. The Kier molecular flexibility index (Phi) is 2.45. The molecule has 118 valence electrons. The molecule has 0 fully saturated rings. The highest BCUT2D eigenvalue weighted by atomic mass is 15.2. The Labute approximate surface area is 139 Å². The normalized spacial score (nSPS) is 31.2. The van der Waals surface area contributed by atoms with Crippen LogP contribution in [0.25, 0.3) is 11.4 Å². The lowest BCUT2D eigenvalue weighted by Gasteiger charge is -2.45. The van der Waals surface area contributed by atoms with E-state index in [0.29, 0.717) is 12.1 Å². The molecule has 2 aromatic rings. The van der Waals surface area contributed by atoms with E-state index in [9.17, 15) is 0 Å². The Morgan fingerprint density at radius 1 is 0.833 bits per heavy atom. The smallest absolute Gasteiger partial charge is 0.159 e. The maximum atomic E-state index is 4.73. The van der Waals surface area contributed by atoms with E-state index in [2.05, 4.69) is 39.1 Å². The standard InChI is InChI=1S/C18H16N6/c1-4-19-16(20-5-1)10-8-9-11-2-6-22-18(23-11)15-13(9)12-3-7-21-17(24-12)14(10)15/h1,4-8,11-12,17-18,23-24H,2-3H2. The first-order valence-electron chi connectivity index (χ1n) is 8.43. The van der Waals surface area contributed by atoms with Crippen molar-refractivity contribution in [2.75, 3.05) is 0 Å². The Bertz CT molecular complexity index is 903. The van der Waals surface area contributed by atoms with Gasteiger partial charge >= 0.3 is 0 Å². The molecule has 8 bridgehead atoms. The number of hydrogen-bond donors (Lipinski definition) is 2. The second-order valence-electron chi connectivity index (χ2n) is 6.71. The number of hydrogen-bond acceptors (Lipinski definition) is 6. The number of nitrogens with one attached hydrogen (secondary N) is 2. The van der Waals surface area contributed by atoms with Gasteiger partial charge in [-0.25, -0.2) is 9.97 Å². The zero-order valence-corrected chi connectivity index (χ0v) is 13.0. The molecule has 24 heavy (non-hydrogen) atoms. The Hall–Kier alpha value is -2.44. The molecule has 0 saturated carbocycles. The van der Waals surface area contributed by atoms with Crippen LogP contribution in [-0.2, 0) is 0 Å². The monoisotopic (exact) mass is 316 g/mol. The van der Waals surface area contributed by atoms with Crippen molar-refractivity contribution in [2.24, 2.45) is 9.98 Å². The fourth-order valence-corrected chi connectivity index (χ4v) is 4.53. The van der Waals surface area contributed by atoms with E-state index < -0.39 is 0 Å². The third-order valence-corrected chi connectivity index (χ3v) is 5.47. The van der Waals surface area contributed by atoms with Gasteiger partial charge in [-0.2, -0.15) is 0 Å². The molecule has 2 N–H and O–H groups in total. The zero-order valence-electron chi connectivity index (χ0n) is 13.0. The third-order valence-electron chi connectivity index (χ3n) is 5.47. The topological polar surface area (TPSA) is 74.6 Å². The summed E-state index contributed by atoms with van der Waals surface area (Å²) in [7, 11) is 0. The van der Waals surface area contributed by atoms with Gasteiger partial charge < -0.3 is 0 Å². The van der Waals surface area contributed by atoms with Crippen LogP contribution in [0.15, 0.2) is 34.5 Å². The van der Waals surface area contributed by atoms with Crippen LogP contribution in [0.3, 0.4) is 0 Å². The second-order valence-corrected chi connectivity index (χ2v) is 6.71. The molecule has 5 heterocycles. The van der Waals surface area contributed by atoms with Crippen molar-refractivity contribution >= 4 is 12.4 Å². The maximum Gasteiger partial charge on any atom is 0.159 e. The molecular weight excluding hydrogens is 300 g/mol. The maximum absolute atomic E-state index is 4.73.